The van der Waals surface area contributed by atoms with E-state index in [1.165, 1.54) is 71.5 Å². The number of piperazine rings is 1. The van der Waals surface area contributed by atoms with E-state index in [2.05, 4.69) is 12.2 Å². The number of hydrogen-bond acceptors (Lipinski definition) is 1. The monoisotopic (exact) mass is 322 g/mol. The van der Waals surface area contributed by atoms with Crippen molar-refractivity contribution in [3.63, 3.8) is 0 Å². The lowest BCUT2D eigenvalue weighted by molar-refractivity contribution is -1.03. The number of fused-ring (bicyclic) bond motifs is 2. The molecular formula is C19H36N3O+3. The lowest BCUT2D eigenvalue weighted by Gasteiger charge is -2.38. The predicted octanol–water partition coefficient (Wildman–Crippen LogP) is -2.98. The largest absolute Gasteiger partial charge is 0.391 e. The van der Waals surface area contributed by atoms with E-state index in [1.807, 2.05) is 9.80 Å². The van der Waals surface area contributed by atoms with Gasteiger partial charge in [-0.3, -0.25) is 0 Å². The van der Waals surface area contributed by atoms with Gasteiger partial charge in [0, 0.05) is 18.8 Å². The zero-order valence-electron chi connectivity index (χ0n) is 14.6. The summed E-state index contributed by atoms with van der Waals surface area (Å²) in [6.07, 6.45) is 10.8. The van der Waals surface area contributed by atoms with E-state index < -0.39 is 0 Å². The van der Waals surface area contributed by atoms with Gasteiger partial charge >= 0.3 is 0 Å². The van der Waals surface area contributed by atoms with Crippen LogP contribution in [0, 0.1) is 17.8 Å². The standard InChI is InChI=1S/C19H33N3O/c23-12-11-20-7-9-22(10-8-20)19-3-5-21(6-4-19)15-18-14-16-1-2-17(18)13-16/h1-2,16-19,23H,3-15H2/p+3/t16-,17+,18+/m0/s1. The van der Waals surface area contributed by atoms with Crippen LogP contribution in [0.1, 0.15) is 25.7 Å². The second kappa shape index (κ2) is 7.22. The number of likely N-dealkylation sites (tertiary alicyclic amines) is 1. The van der Waals surface area contributed by atoms with Crippen LogP contribution >= 0.6 is 0 Å². The molecular weight excluding hydrogens is 286 g/mol. The fraction of sp³-hybridized carbons (Fsp3) is 0.895. The molecule has 4 nitrogen and oxygen atoms in total. The maximum atomic E-state index is 9.08. The van der Waals surface area contributed by atoms with Gasteiger partial charge in [-0.05, 0) is 24.7 Å². The zero-order valence-corrected chi connectivity index (χ0v) is 14.6. The molecule has 3 fully saturated rings. The first-order valence-electron chi connectivity index (χ1n) is 10.1. The van der Waals surface area contributed by atoms with Crippen LogP contribution in [0.4, 0.5) is 0 Å². The van der Waals surface area contributed by atoms with Crippen LogP contribution < -0.4 is 14.7 Å². The highest BCUT2D eigenvalue weighted by molar-refractivity contribution is 5.09. The van der Waals surface area contributed by atoms with E-state index in [9.17, 15) is 0 Å². The molecule has 0 unspecified atom stereocenters. The van der Waals surface area contributed by atoms with E-state index in [4.69, 9.17) is 5.11 Å². The second-order valence-electron chi connectivity index (χ2n) is 8.65. The summed E-state index contributed by atoms with van der Waals surface area (Å²) >= 11 is 0. The summed E-state index contributed by atoms with van der Waals surface area (Å²) in [6.45, 7) is 10.8. The molecule has 4 aliphatic rings. The van der Waals surface area contributed by atoms with Gasteiger partial charge in [0.1, 0.15) is 32.7 Å². The molecule has 130 valence electrons. The average Bonchev–Trinajstić information content (AvgIpc) is 3.20. The third-order valence-corrected chi connectivity index (χ3v) is 7.30. The van der Waals surface area contributed by atoms with Crippen LogP contribution in [0.25, 0.3) is 0 Å². The van der Waals surface area contributed by atoms with Crippen molar-refractivity contribution in [3.05, 3.63) is 12.2 Å². The van der Waals surface area contributed by atoms with Crippen molar-refractivity contribution in [1.82, 2.24) is 0 Å². The van der Waals surface area contributed by atoms with Crippen LogP contribution in [0.15, 0.2) is 12.2 Å². The minimum absolute atomic E-state index is 0.352. The maximum Gasteiger partial charge on any atom is 0.127 e. The van der Waals surface area contributed by atoms with Crippen LogP contribution in [0.5, 0.6) is 0 Å². The molecule has 0 aromatic heterocycles. The van der Waals surface area contributed by atoms with Crippen LogP contribution in [0.3, 0.4) is 0 Å². The molecule has 2 saturated heterocycles. The lowest BCUT2D eigenvalue weighted by atomic mass is 9.92. The van der Waals surface area contributed by atoms with Crippen LogP contribution in [-0.2, 0) is 0 Å². The Kier molecular flexibility index (Phi) is 5.04. The molecule has 4 N–H and O–H groups in total. The summed E-state index contributed by atoms with van der Waals surface area (Å²) < 4.78 is 0. The molecule has 0 amide bonds. The summed E-state index contributed by atoms with van der Waals surface area (Å²) in [5, 5.41) is 9.08. The Morgan fingerprint density at radius 1 is 0.870 bits per heavy atom. The summed E-state index contributed by atoms with van der Waals surface area (Å²) in [5.41, 5.74) is 0. The number of aliphatic hydroxyl groups is 1. The number of hydrogen-bond donors (Lipinski definition) is 4. The Bertz CT molecular complexity index is 411. The van der Waals surface area contributed by atoms with Gasteiger partial charge in [-0.25, -0.2) is 0 Å². The number of aliphatic hydroxyl groups excluding tert-OH is 1. The Labute approximate surface area is 141 Å². The number of piperidine rings is 1. The molecule has 23 heavy (non-hydrogen) atoms. The minimum Gasteiger partial charge on any atom is -0.391 e. The van der Waals surface area contributed by atoms with Crippen LogP contribution in [0.2, 0.25) is 0 Å². The molecule has 0 aromatic carbocycles. The van der Waals surface area contributed by atoms with Gasteiger partial charge in [-0.15, -0.1) is 0 Å². The molecule has 2 aliphatic heterocycles. The average molecular weight is 323 g/mol. The lowest BCUT2D eigenvalue weighted by Crippen LogP contribution is -3.30. The molecule has 2 bridgehead atoms. The summed E-state index contributed by atoms with van der Waals surface area (Å²) in [4.78, 5) is 5.38. The quantitative estimate of drug-likeness (QED) is 0.401. The fourth-order valence-corrected chi connectivity index (χ4v) is 5.88. The van der Waals surface area contributed by atoms with Gasteiger partial charge in [0.2, 0.25) is 0 Å². The number of allylic oxidation sites excluding steroid dienone is 2. The smallest absolute Gasteiger partial charge is 0.127 e. The maximum absolute atomic E-state index is 9.08. The van der Waals surface area contributed by atoms with Crippen molar-refractivity contribution < 1.29 is 19.8 Å². The number of rotatable bonds is 5. The summed E-state index contributed by atoms with van der Waals surface area (Å²) in [6, 6.07) is 0.925. The molecule has 4 heteroatoms. The first-order chi connectivity index (χ1) is 11.3. The topological polar surface area (TPSA) is 33.6 Å². The van der Waals surface area contributed by atoms with E-state index in [-0.39, 0.29) is 0 Å². The molecule has 0 spiro atoms. The SMILES string of the molecule is OCC[NH+]1CC[NH+](C2CC[NH+](C[C@H]3C[C@H]4C=C[C@@H]3C4)CC2)CC1. The third kappa shape index (κ3) is 3.65. The highest BCUT2D eigenvalue weighted by Gasteiger charge is 2.39. The highest BCUT2D eigenvalue weighted by atomic mass is 16.3. The van der Waals surface area contributed by atoms with Crippen LogP contribution in [-0.4, -0.2) is 70.1 Å². The Balaban J connectivity index is 1.19. The van der Waals surface area contributed by atoms with E-state index >= 15 is 0 Å². The van der Waals surface area contributed by atoms with E-state index in [0.717, 1.165) is 30.3 Å². The Morgan fingerprint density at radius 3 is 2.26 bits per heavy atom. The molecule has 0 aromatic rings. The predicted molar refractivity (Wildman–Crippen MR) is 90.8 cm³/mol. The first-order valence-corrected chi connectivity index (χ1v) is 10.1. The van der Waals surface area contributed by atoms with Crippen molar-refractivity contribution in [2.75, 3.05) is 59.0 Å². The third-order valence-electron chi connectivity index (χ3n) is 7.30. The van der Waals surface area contributed by atoms with Crippen molar-refractivity contribution in [3.8, 4) is 0 Å². The van der Waals surface area contributed by atoms with Crippen molar-refractivity contribution in [1.29, 1.82) is 0 Å². The molecule has 0 radical (unpaired) electrons. The first kappa shape index (κ1) is 16.1. The zero-order chi connectivity index (χ0) is 15.6. The molecule has 1 saturated carbocycles. The molecule has 2 aliphatic carbocycles. The van der Waals surface area contributed by atoms with Gasteiger partial charge in [0.25, 0.3) is 0 Å². The Morgan fingerprint density at radius 2 is 1.65 bits per heavy atom. The van der Waals surface area contributed by atoms with Gasteiger partial charge in [0.15, 0.2) is 0 Å². The van der Waals surface area contributed by atoms with Gasteiger partial charge in [0.05, 0.1) is 32.3 Å². The molecule has 4 rings (SSSR count). The summed E-state index contributed by atoms with van der Waals surface area (Å²) in [5.74, 6) is 2.86. The molecule has 3 atom stereocenters. The Hall–Kier alpha value is -0.420. The van der Waals surface area contributed by atoms with Crippen molar-refractivity contribution in [2.45, 2.75) is 31.7 Å². The van der Waals surface area contributed by atoms with Gasteiger partial charge in [-0.2, -0.15) is 0 Å². The molecule has 2 heterocycles. The second-order valence-corrected chi connectivity index (χ2v) is 8.65. The minimum atomic E-state index is 0.352. The van der Waals surface area contributed by atoms with Gasteiger partial charge < -0.3 is 19.8 Å². The fourth-order valence-electron chi connectivity index (χ4n) is 5.88. The van der Waals surface area contributed by atoms with Crippen molar-refractivity contribution >= 4 is 0 Å². The van der Waals surface area contributed by atoms with Crippen molar-refractivity contribution in [2.24, 2.45) is 17.8 Å². The van der Waals surface area contributed by atoms with E-state index in [1.54, 1.807) is 4.90 Å². The van der Waals surface area contributed by atoms with E-state index in [0.29, 0.717) is 6.61 Å². The highest BCUT2D eigenvalue weighted by Crippen LogP contribution is 2.42. The van der Waals surface area contributed by atoms with Gasteiger partial charge in [-0.1, -0.05) is 12.2 Å². The summed E-state index contributed by atoms with van der Waals surface area (Å²) in [7, 11) is 0. The number of nitrogens with one attached hydrogen (secondary N) is 3. The normalized spacial score (nSPS) is 46.4. The number of quaternary nitrogens is 3.